The minimum Gasteiger partial charge on any atom is -0.460 e. The quantitative estimate of drug-likeness (QED) is 0.883. The van der Waals surface area contributed by atoms with Crippen molar-refractivity contribution in [2.75, 3.05) is 24.5 Å². The third-order valence-electron chi connectivity index (χ3n) is 6.76. The van der Waals surface area contributed by atoms with Crippen LogP contribution in [0.5, 0.6) is 0 Å². The third-order valence-corrected chi connectivity index (χ3v) is 6.76. The van der Waals surface area contributed by atoms with Crippen molar-refractivity contribution in [3.63, 3.8) is 0 Å². The zero-order chi connectivity index (χ0) is 19.3. The topological polar surface area (TPSA) is 78.7 Å². The summed E-state index contributed by atoms with van der Waals surface area (Å²) in [6.45, 7) is 5.15. The Kier molecular flexibility index (Phi) is 4.34. The highest BCUT2D eigenvalue weighted by Gasteiger charge is 2.40. The fourth-order valence-electron chi connectivity index (χ4n) is 5.08. The van der Waals surface area contributed by atoms with Crippen molar-refractivity contribution >= 4 is 28.5 Å². The molecule has 28 heavy (non-hydrogen) atoms. The Morgan fingerprint density at radius 2 is 2.07 bits per heavy atom. The van der Waals surface area contributed by atoms with Crippen LogP contribution in [0.25, 0.3) is 11.0 Å². The first-order valence-electron chi connectivity index (χ1n) is 10.3. The van der Waals surface area contributed by atoms with Gasteiger partial charge in [-0.15, -0.1) is 0 Å². The molecule has 2 aromatic rings. The third kappa shape index (κ3) is 2.89. The summed E-state index contributed by atoms with van der Waals surface area (Å²) in [7, 11) is 0. The van der Waals surface area contributed by atoms with Crippen LogP contribution in [-0.2, 0) is 4.79 Å². The normalized spacial score (nSPS) is 30.0. The van der Waals surface area contributed by atoms with Crippen LogP contribution in [0.1, 0.15) is 49.5 Å². The number of rotatable bonds is 3. The fourth-order valence-corrected chi connectivity index (χ4v) is 5.08. The van der Waals surface area contributed by atoms with Gasteiger partial charge in [0.1, 0.15) is 12.0 Å². The zero-order valence-corrected chi connectivity index (χ0v) is 16.2. The van der Waals surface area contributed by atoms with Crippen molar-refractivity contribution in [3.05, 3.63) is 24.2 Å². The van der Waals surface area contributed by atoms with Crippen molar-refractivity contribution in [2.24, 2.45) is 5.92 Å². The molecular weight excluding hydrogens is 356 g/mol. The first kappa shape index (κ1) is 17.7. The minimum absolute atomic E-state index is 0.109. The number of carbonyl (C=O) groups is 2. The van der Waals surface area contributed by atoms with Crippen molar-refractivity contribution in [2.45, 2.75) is 51.1 Å². The Labute approximate surface area is 164 Å². The van der Waals surface area contributed by atoms with Gasteiger partial charge in [-0.2, -0.15) is 0 Å². The number of piperidine rings is 4. The summed E-state index contributed by atoms with van der Waals surface area (Å²) in [4.78, 5) is 33.8. The van der Waals surface area contributed by atoms with E-state index in [1.807, 2.05) is 0 Å². The lowest BCUT2D eigenvalue weighted by Crippen LogP contribution is -2.62. The van der Waals surface area contributed by atoms with Crippen LogP contribution in [0.4, 0.5) is 5.69 Å². The van der Waals surface area contributed by atoms with E-state index in [-0.39, 0.29) is 17.9 Å². The maximum atomic E-state index is 12.9. The molecule has 2 atom stereocenters. The second kappa shape index (κ2) is 6.88. The van der Waals surface area contributed by atoms with Gasteiger partial charge in [0.25, 0.3) is 5.91 Å². The number of nitrogens with zero attached hydrogens (tertiary/aromatic N) is 3. The first-order chi connectivity index (χ1) is 13.6. The molecule has 2 bridgehead atoms. The molecule has 0 spiro atoms. The van der Waals surface area contributed by atoms with E-state index in [2.05, 4.69) is 22.1 Å². The number of nitrogens with one attached hydrogen (secondary N) is 1. The Balaban J connectivity index is 1.40. The lowest BCUT2D eigenvalue weighted by atomic mass is 9.79. The van der Waals surface area contributed by atoms with Gasteiger partial charge in [-0.3, -0.25) is 14.5 Å². The second-order valence-electron chi connectivity index (χ2n) is 8.30. The number of aromatic nitrogens is 1. The van der Waals surface area contributed by atoms with Crippen LogP contribution in [0, 0.1) is 5.92 Å². The van der Waals surface area contributed by atoms with E-state index in [9.17, 15) is 9.59 Å². The van der Waals surface area contributed by atoms with Gasteiger partial charge in [0, 0.05) is 30.4 Å². The van der Waals surface area contributed by atoms with E-state index >= 15 is 0 Å². The van der Waals surface area contributed by atoms with Crippen molar-refractivity contribution in [1.82, 2.24) is 15.2 Å². The van der Waals surface area contributed by atoms with Crippen molar-refractivity contribution in [1.29, 1.82) is 0 Å². The molecule has 2 aromatic heterocycles. The number of amides is 2. The van der Waals surface area contributed by atoms with Crippen LogP contribution >= 0.6 is 0 Å². The van der Waals surface area contributed by atoms with Crippen molar-refractivity contribution in [3.8, 4) is 0 Å². The summed E-state index contributed by atoms with van der Waals surface area (Å²) in [5.74, 6) is 0.505. The highest BCUT2D eigenvalue weighted by Crippen LogP contribution is 2.33. The average Bonchev–Trinajstić information content (AvgIpc) is 3.14. The Morgan fingerprint density at radius 3 is 2.82 bits per heavy atom. The lowest BCUT2D eigenvalue weighted by molar-refractivity contribution is -0.119. The number of pyridine rings is 1. The summed E-state index contributed by atoms with van der Waals surface area (Å²) >= 11 is 0. The summed E-state index contributed by atoms with van der Waals surface area (Å²) in [5.41, 5.74) is 1.72. The van der Waals surface area contributed by atoms with Crippen LogP contribution in [-0.4, -0.2) is 53.4 Å². The van der Waals surface area contributed by atoms with Crippen LogP contribution in [0.2, 0.25) is 0 Å². The molecule has 0 radical (unpaired) electrons. The van der Waals surface area contributed by atoms with Crippen LogP contribution in [0.3, 0.4) is 0 Å². The highest BCUT2D eigenvalue weighted by atomic mass is 16.3. The molecule has 4 saturated heterocycles. The predicted molar refractivity (Wildman–Crippen MR) is 105 cm³/mol. The van der Waals surface area contributed by atoms with Gasteiger partial charge in [-0.25, -0.2) is 4.98 Å². The number of furan rings is 1. The molecule has 2 unspecified atom stereocenters. The van der Waals surface area contributed by atoms with E-state index in [1.165, 1.54) is 0 Å². The molecule has 0 aromatic carbocycles. The SMILES string of the molecule is CC1C(NC(=O)c2cc3c(N4CCCCC4=O)coc3cn2)C2CCN1CC2. The average molecular weight is 382 g/mol. The smallest absolute Gasteiger partial charge is 0.270 e. The molecule has 6 heterocycles. The summed E-state index contributed by atoms with van der Waals surface area (Å²) in [6.07, 6.45) is 7.94. The van der Waals surface area contributed by atoms with Gasteiger partial charge in [0.2, 0.25) is 5.91 Å². The van der Waals surface area contributed by atoms with E-state index < -0.39 is 0 Å². The van der Waals surface area contributed by atoms with Gasteiger partial charge in [0.05, 0.1) is 11.9 Å². The summed E-state index contributed by atoms with van der Waals surface area (Å²) in [6, 6.07) is 2.29. The zero-order valence-electron chi connectivity index (χ0n) is 16.2. The standard InChI is InChI=1S/C21H26N4O3/c1-13-20(14-5-8-24(13)9-6-14)23-21(27)16-10-15-17(12-28-18(15)11-22-16)25-7-3-2-4-19(25)26/h10-14,20H,2-9H2,1H3,(H,23,27). The fraction of sp³-hybridized carbons (Fsp3) is 0.571. The molecule has 148 valence electrons. The van der Waals surface area contributed by atoms with Gasteiger partial charge in [0.15, 0.2) is 5.58 Å². The van der Waals surface area contributed by atoms with Gasteiger partial charge in [-0.05, 0) is 57.7 Å². The molecule has 1 N–H and O–H groups in total. The molecule has 4 aliphatic rings. The molecule has 6 rings (SSSR count). The minimum atomic E-state index is -0.148. The Bertz CT molecular complexity index is 914. The molecule has 7 nitrogen and oxygen atoms in total. The van der Waals surface area contributed by atoms with E-state index in [1.54, 1.807) is 23.4 Å². The molecule has 0 saturated carbocycles. The predicted octanol–water partition coefficient (Wildman–Crippen LogP) is 2.56. The summed E-state index contributed by atoms with van der Waals surface area (Å²) in [5, 5.41) is 4.00. The number of fused-ring (bicyclic) bond motifs is 4. The van der Waals surface area contributed by atoms with Gasteiger partial charge >= 0.3 is 0 Å². The van der Waals surface area contributed by atoms with Crippen LogP contribution in [0.15, 0.2) is 22.9 Å². The second-order valence-corrected chi connectivity index (χ2v) is 8.30. The monoisotopic (exact) mass is 382 g/mol. The van der Waals surface area contributed by atoms with Gasteiger partial charge in [-0.1, -0.05) is 0 Å². The van der Waals surface area contributed by atoms with E-state index in [0.717, 1.165) is 49.8 Å². The lowest BCUT2D eigenvalue weighted by Gasteiger charge is -2.49. The van der Waals surface area contributed by atoms with Crippen molar-refractivity contribution < 1.29 is 14.0 Å². The molecule has 7 heteroatoms. The number of hydrogen-bond donors (Lipinski definition) is 1. The molecule has 4 fully saturated rings. The number of hydrogen-bond acceptors (Lipinski definition) is 5. The number of anilines is 1. The number of carbonyl (C=O) groups excluding carboxylic acids is 2. The molecule has 2 amide bonds. The van der Waals surface area contributed by atoms with E-state index in [0.29, 0.717) is 36.2 Å². The Hall–Kier alpha value is -2.41. The first-order valence-corrected chi connectivity index (χ1v) is 10.3. The Morgan fingerprint density at radius 1 is 1.25 bits per heavy atom. The molecule has 4 aliphatic heterocycles. The van der Waals surface area contributed by atoms with E-state index in [4.69, 9.17) is 4.42 Å². The maximum absolute atomic E-state index is 12.9. The highest BCUT2D eigenvalue weighted by molar-refractivity contribution is 6.04. The van der Waals surface area contributed by atoms with Crippen LogP contribution < -0.4 is 10.2 Å². The molecular formula is C21H26N4O3. The largest absolute Gasteiger partial charge is 0.460 e. The summed E-state index contributed by atoms with van der Waals surface area (Å²) < 4.78 is 5.60. The van der Waals surface area contributed by atoms with Gasteiger partial charge < -0.3 is 14.6 Å². The molecule has 0 aliphatic carbocycles. The maximum Gasteiger partial charge on any atom is 0.270 e.